The first kappa shape index (κ1) is 15.2. The van der Waals surface area contributed by atoms with Gasteiger partial charge in [-0.15, -0.1) is 0 Å². The van der Waals surface area contributed by atoms with Gasteiger partial charge in [0.25, 0.3) is 5.91 Å². The van der Waals surface area contributed by atoms with E-state index in [-0.39, 0.29) is 11.9 Å². The maximum Gasteiger partial charge on any atom is 0.251 e. The van der Waals surface area contributed by atoms with Crippen molar-refractivity contribution in [3.8, 4) is 11.5 Å². The molecule has 3 rings (SSSR count). The van der Waals surface area contributed by atoms with Gasteiger partial charge >= 0.3 is 0 Å². The number of fused-ring (bicyclic) bond motifs is 1. The zero-order valence-electron chi connectivity index (χ0n) is 13.1. The number of carbonyl (C=O) groups is 1. The van der Waals surface area contributed by atoms with E-state index in [4.69, 9.17) is 9.47 Å². The number of carbonyl (C=O) groups excluding carboxylic acids is 1. The molecule has 0 aromatic heterocycles. The number of piperidine rings is 1. The molecule has 1 aromatic rings. The molecule has 1 N–H and O–H groups in total. The first-order valence-electron chi connectivity index (χ1n) is 8.19. The van der Waals surface area contributed by atoms with Crippen molar-refractivity contribution in [2.45, 2.75) is 32.2 Å². The van der Waals surface area contributed by atoms with Crippen LogP contribution in [-0.2, 0) is 0 Å². The minimum atomic E-state index is -0.0223. The van der Waals surface area contributed by atoms with Crippen molar-refractivity contribution in [3.63, 3.8) is 0 Å². The normalized spacial score (nSPS) is 19.0. The van der Waals surface area contributed by atoms with Crippen LogP contribution in [0.4, 0.5) is 0 Å². The van der Waals surface area contributed by atoms with E-state index in [1.165, 1.54) is 6.42 Å². The van der Waals surface area contributed by atoms with E-state index in [0.717, 1.165) is 38.2 Å². The van der Waals surface area contributed by atoms with Gasteiger partial charge in [0.1, 0.15) is 13.2 Å². The number of likely N-dealkylation sites (tertiary alicyclic amines) is 1. The zero-order chi connectivity index (χ0) is 15.4. The van der Waals surface area contributed by atoms with Crippen LogP contribution in [0.25, 0.3) is 0 Å². The molecule has 120 valence electrons. The summed E-state index contributed by atoms with van der Waals surface area (Å²) in [7, 11) is 0. The molecule has 0 atom stereocenters. The fourth-order valence-corrected chi connectivity index (χ4v) is 3.07. The molecule has 22 heavy (non-hydrogen) atoms. The van der Waals surface area contributed by atoms with E-state index < -0.39 is 0 Å². The Morgan fingerprint density at radius 2 is 1.95 bits per heavy atom. The highest BCUT2D eigenvalue weighted by Gasteiger charge is 2.21. The molecule has 0 aliphatic carbocycles. The average molecular weight is 304 g/mol. The second kappa shape index (κ2) is 7.01. The Bertz CT molecular complexity index is 525. The predicted octanol–water partition coefficient (Wildman–Crippen LogP) is 2.06. The summed E-state index contributed by atoms with van der Waals surface area (Å²) in [6.45, 7) is 6.60. The van der Waals surface area contributed by atoms with E-state index >= 15 is 0 Å². The standard InChI is InChI=1S/C17H24N2O3/c1-2-7-19-8-5-14(6-9-19)18-17(20)13-3-4-15-16(12-13)22-11-10-21-15/h3-4,12,14H,2,5-11H2,1H3,(H,18,20). The molecule has 2 aliphatic rings. The van der Waals surface area contributed by atoms with E-state index in [1.807, 2.05) is 6.07 Å². The van der Waals surface area contributed by atoms with Crippen LogP contribution in [0.2, 0.25) is 0 Å². The van der Waals surface area contributed by atoms with Crippen LogP contribution in [0, 0.1) is 0 Å². The summed E-state index contributed by atoms with van der Waals surface area (Å²) in [5, 5.41) is 3.14. The molecule has 0 radical (unpaired) electrons. The lowest BCUT2D eigenvalue weighted by Gasteiger charge is -2.32. The number of rotatable bonds is 4. The first-order chi connectivity index (χ1) is 10.8. The first-order valence-corrected chi connectivity index (χ1v) is 8.19. The third kappa shape index (κ3) is 3.53. The van der Waals surface area contributed by atoms with E-state index in [2.05, 4.69) is 17.1 Å². The average Bonchev–Trinajstić information content (AvgIpc) is 2.56. The highest BCUT2D eigenvalue weighted by Crippen LogP contribution is 2.30. The summed E-state index contributed by atoms with van der Waals surface area (Å²) >= 11 is 0. The van der Waals surface area contributed by atoms with Crippen molar-refractivity contribution in [1.82, 2.24) is 10.2 Å². The molecular weight excluding hydrogens is 280 g/mol. The minimum Gasteiger partial charge on any atom is -0.486 e. The third-order valence-electron chi connectivity index (χ3n) is 4.27. The summed E-state index contributed by atoms with van der Waals surface area (Å²) < 4.78 is 11.0. The number of amides is 1. The molecular formula is C17H24N2O3. The highest BCUT2D eigenvalue weighted by molar-refractivity contribution is 5.95. The number of nitrogens with one attached hydrogen (secondary N) is 1. The summed E-state index contributed by atoms with van der Waals surface area (Å²) in [4.78, 5) is 14.8. The van der Waals surface area contributed by atoms with E-state index in [9.17, 15) is 4.79 Å². The van der Waals surface area contributed by atoms with Gasteiger partial charge in [-0.2, -0.15) is 0 Å². The molecule has 2 heterocycles. The second-order valence-electron chi connectivity index (χ2n) is 5.95. The second-order valence-corrected chi connectivity index (χ2v) is 5.95. The van der Waals surface area contributed by atoms with Crippen LogP contribution in [0.5, 0.6) is 11.5 Å². The molecule has 0 unspecified atom stereocenters. The number of hydrogen-bond donors (Lipinski definition) is 1. The molecule has 0 saturated carbocycles. The van der Waals surface area contributed by atoms with Crippen molar-refractivity contribution >= 4 is 5.91 Å². The van der Waals surface area contributed by atoms with Gasteiger partial charge in [0.2, 0.25) is 0 Å². The molecule has 5 heteroatoms. The van der Waals surface area contributed by atoms with E-state index in [1.54, 1.807) is 12.1 Å². The van der Waals surface area contributed by atoms with Gasteiger partial charge in [0.05, 0.1) is 0 Å². The van der Waals surface area contributed by atoms with Crippen molar-refractivity contribution in [1.29, 1.82) is 0 Å². The monoisotopic (exact) mass is 304 g/mol. The van der Waals surface area contributed by atoms with Gasteiger partial charge in [-0.1, -0.05) is 6.92 Å². The summed E-state index contributed by atoms with van der Waals surface area (Å²) in [6, 6.07) is 5.66. The van der Waals surface area contributed by atoms with Crippen molar-refractivity contribution in [2.75, 3.05) is 32.8 Å². The van der Waals surface area contributed by atoms with Gasteiger partial charge in [0, 0.05) is 24.7 Å². The van der Waals surface area contributed by atoms with Crippen molar-refractivity contribution < 1.29 is 14.3 Å². The van der Waals surface area contributed by atoms with Gasteiger partial charge in [-0.05, 0) is 44.0 Å². The van der Waals surface area contributed by atoms with Gasteiger partial charge < -0.3 is 19.7 Å². The Morgan fingerprint density at radius 1 is 1.23 bits per heavy atom. The Balaban J connectivity index is 1.56. The number of hydrogen-bond acceptors (Lipinski definition) is 4. The molecule has 0 spiro atoms. The van der Waals surface area contributed by atoms with Crippen LogP contribution in [0.1, 0.15) is 36.5 Å². The predicted molar refractivity (Wildman–Crippen MR) is 84.7 cm³/mol. The van der Waals surface area contributed by atoms with Crippen LogP contribution in [0.3, 0.4) is 0 Å². The smallest absolute Gasteiger partial charge is 0.251 e. The Hall–Kier alpha value is -1.75. The molecule has 1 amide bonds. The third-order valence-corrected chi connectivity index (χ3v) is 4.27. The Morgan fingerprint density at radius 3 is 2.68 bits per heavy atom. The molecule has 5 nitrogen and oxygen atoms in total. The molecule has 1 aromatic carbocycles. The fourth-order valence-electron chi connectivity index (χ4n) is 3.07. The van der Waals surface area contributed by atoms with Gasteiger partial charge in [-0.25, -0.2) is 0 Å². The number of benzene rings is 1. The maximum atomic E-state index is 12.4. The zero-order valence-corrected chi connectivity index (χ0v) is 13.1. The number of ether oxygens (including phenoxy) is 2. The lowest BCUT2D eigenvalue weighted by molar-refractivity contribution is 0.0910. The molecule has 0 bridgehead atoms. The Kier molecular flexibility index (Phi) is 4.83. The lowest BCUT2D eigenvalue weighted by Crippen LogP contribution is -2.44. The van der Waals surface area contributed by atoms with Crippen molar-refractivity contribution in [2.24, 2.45) is 0 Å². The van der Waals surface area contributed by atoms with Gasteiger partial charge in [-0.3, -0.25) is 4.79 Å². The van der Waals surface area contributed by atoms with E-state index in [0.29, 0.717) is 24.5 Å². The molecule has 2 aliphatic heterocycles. The van der Waals surface area contributed by atoms with Crippen LogP contribution >= 0.6 is 0 Å². The Labute approximate surface area is 131 Å². The minimum absolute atomic E-state index is 0.0223. The quantitative estimate of drug-likeness (QED) is 0.925. The summed E-state index contributed by atoms with van der Waals surface area (Å²) in [5.41, 5.74) is 0.639. The largest absolute Gasteiger partial charge is 0.486 e. The van der Waals surface area contributed by atoms with Crippen molar-refractivity contribution in [3.05, 3.63) is 23.8 Å². The summed E-state index contributed by atoms with van der Waals surface area (Å²) in [6.07, 6.45) is 3.24. The van der Waals surface area contributed by atoms with Crippen LogP contribution < -0.4 is 14.8 Å². The molecule has 1 fully saturated rings. The van der Waals surface area contributed by atoms with Crippen LogP contribution in [-0.4, -0.2) is 49.7 Å². The lowest BCUT2D eigenvalue weighted by atomic mass is 10.0. The molecule has 1 saturated heterocycles. The van der Waals surface area contributed by atoms with Crippen LogP contribution in [0.15, 0.2) is 18.2 Å². The SMILES string of the molecule is CCCN1CCC(NC(=O)c2ccc3c(c2)OCCO3)CC1. The maximum absolute atomic E-state index is 12.4. The summed E-state index contributed by atoms with van der Waals surface area (Å²) in [5.74, 6) is 1.36. The topological polar surface area (TPSA) is 50.8 Å². The number of nitrogens with zero attached hydrogens (tertiary/aromatic N) is 1. The fraction of sp³-hybridized carbons (Fsp3) is 0.588. The van der Waals surface area contributed by atoms with Gasteiger partial charge in [0.15, 0.2) is 11.5 Å². The highest BCUT2D eigenvalue weighted by atomic mass is 16.6.